The number of phenols is 2. The molecule has 12 heavy (non-hydrogen) atoms. The van der Waals surface area contributed by atoms with Crippen molar-refractivity contribution < 1.29 is 10.2 Å². The molecule has 0 fully saturated rings. The second kappa shape index (κ2) is 4.00. The number of hydrogen-bond donors (Lipinski definition) is 2. The van der Waals surface area contributed by atoms with E-state index >= 15 is 0 Å². The maximum absolute atomic E-state index is 9.37. The molecule has 1 aromatic rings. The molecule has 0 radical (unpaired) electrons. The fourth-order valence-corrected chi connectivity index (χ4v) is 1.15. The number of rotatable bonds is 3. The van der Waals surface area contributed by atoms with Gasteiger partial charge in [-0.05, 0) is 24.5 Å². The minimum absolute atomic E-state index is 0.0244. The summed E-state index contributed by atoms with van der Waals surface area (Å²) >= 11 is 0. The predicted octanol–water partition coefficient (Wildman–Crippen LogP) is 2.44. The summed E-state index contributed by atoms with van der Waals surface area (Å²) < 4.78 is 0. The van der Waals surface area contributed by atoms with Crippen LogP contribution in [0.2, 0.25) is 0 Å². The maximum Gasteiger partial charge on any atom is 0.160 e. The average Bonchev–Trinajstić information content (AvgIpc) is 2.08. The quantitative estimate of drug-likeness (QED) is 0.677. The van der Waals surface area contributed by atoms with Crippen molar-refractivity contribution in [3.8, 4) is 11.5 Å². The number of para-hydroxylation sites is 1. The van der Waals surface area contributed by atoms with Gasteiger partial charge in [0.2, 0.25) is 0 Å². The Hall–Kier alpha value is -1.18. The van der Waals surface area contributed by atoms with Gasteiger partial charge >= 0.3 is 0 Å². The number of benzene rings is 1. The van der Waals surface area contributed by atoms with Crippen molar-refractivity contribution in [2.24, 2.45) is 0 Å². The highest BCUT2D eigenvalue weighted by Crippen LogP contribution is 2.28. The lowest BCUT2D eigenvalue weighted by Gasteiger charge is -2.04. The molecule has 0 aromatic heterocycles. The molecule has 66 valence electrons. The molecule has 0 aliphatic heterocycles. The van der Waals surface area contributed by atoms with Crippen LogP contribution in [-0.2, 0) is 6.42 Å². The Kier molecular flexibility index (Phi) is 2.97. The highest BCUT2D eigenvalue weighted by atomic mass is 16.3. The summed E-state index contributed by atoms with van der Waals surface area (Å²) in [5, 5.41) is 18.5. The largest absolute Gasteiger partial charge is 0.504 e. The van der Waals surface area contributed by atoms with Crippen molar-refractivity contribution in [3.63, 3.8) is 0 Å². The number of hydrogen-bond acceptors (Lipinski definition) is 2. The molecular formula is C10H14O2. The lowest BCUT2D eigenvalue weighted by atomic mass is 10.1. The van der Waals surface area contributed by atoms with Crippen LogP contribution in [0.15, 0.2) is 18.2 Å². The third-order valence-corrected chi connectivity index (χ3v) is 1.90. The summed E-state index contributed by atoms with van der Waals surface area (Å²) in [5.74, 6) is 0.00885. The van der Waals surface area contributed by atoms with Gasteiger partial charge in [-0.25, -0.2) is 0 Å². The molecule has 2 N–H and O–H groups in total. The zero-order valence-corrected chi connectivity index (χ0v) is 7.25. The zero-order chi connectivity index (χ0) is 8.97. The van der Waals surface area contributed by atoms with Gasteiger partial charge in [0.25, 0.3) is 0 Å². The minimum atomic E-state index is -0.0244. The first-order valence-electron chi connectivity index (χ1n) is 4.25. The Labute approximate surface area is 72.5 Å². The first-order valence-corrected chi connectivity index (χ1v) is 4.25. The van der Waals surface area contributed by atoms with Gasteiger partial charge < -0.3 is 10.2 Å². The SMILES string of the molecule is CCCCc1cccc(O)c1O. The molecular weight excluding hydrogens is 152 g/mol. The third kappa shape index (κ3) is 1.91. The maximum atomic E-state index is 9.37. The van der Waals surface area contributed by atoms with Crippen LogP contribution in [0.3, 0.4) is 0 Å². The van der Waals surface area contributed by atoms with E-state index in [2.05, 4.69) is 6.92 Å². The van der Waals surface area contributed by atoms with Crippen molar-refractivity contribution in [1.82, 2.24) is 0 Å². The molecule has 0 bridgehead atoms. The van der Waals surface area contributed by atoms with Crippen LogP contribution >= 0.6 is 0 Å². The first kappa shape index (κ1) is 8.91. The fraction of sp³-hybridized carbons (Fsp3) is 0.400. The van der Waals surface area contributed by atoms with E-state index in [0.29, 0.717) is 0 Å². The van der Waals surface area contributed by atoms with Crippen LogP contribution in [0.25, 0.3) is 0 Å². The number of aryl methyl sites for hydroxylation is 1. The van der Waals surface area contributed by atoms with E-state index in [1.165, 1.54) is 6.07 Å². The number of aromatic hydroxyl groups is 2. The second-order valence-corrected chi connectivity index (χ2v) is 2.89. The topological polar surface area (TPSA) is 40.5 Å². The van der Waals surface area contributed by atoms with Crippen LogP contribution in [0.4, 0.5) is 0 Å². The van der Waals surface area contributed by atoms with Gasteiger partial charge in [-0.2, -0.15) is 0 Å². The molecule has 0 aliphatic rings. The molecule has 1 aromatic carbocycles. The molecule has 0 atom stereocenters. The Morgan fingerprint density at radius 2 is 2.00 bits per heavy atom. The van der Waals surface area contributed by atoms with Crippen LogP contribution in [0.5, 0.6) is 11.5 Å². The normalized spacial score (nSPS) is 10.1. The molecule has 0 saturated heterocycles. The standard InChI is InChI=1S/C10H14O2/c1-2-3-5-8-6-4-7-9(11)10(8)12/h4,6-7,11-12H,2-3,5H2,1H3. The Morgan fingerprint density at radius 1 is 1.25 bits per heavy atom. The summed E-state index contributed by atoms with van der Waals surface area (Å²) in [7, 11) is 0. The van der Waals surface area contributed by atoms with Gasteiger partial charge in [-0.3, -0.25) is 0 Å². The lowest BCUT2D eigenvalue weighted by molar-refractivity contribution is 0.399. The average molecular weight is 166 g/mol. The molecule has 0 heterocycles. The van der Waals surface area contributed by atoms with E-state index in [4.69, 9.17) is 5.11 Å². The zero-order valence-electron chi connectivity index (χ0n) is 7.25. The summed E-state index contributed by atoms with van der Waals surface area (Å²) in [5.41, 5.74) is 0.830. The van der Waals surface area contributed by atoms with Gasteiger partial charge in [-0.15, -0.1) is 0 Å². The number of phenolic OH excluding ortho intramolecular Hbond substituents is 2. The van der Waals surface area contributed by atoms with E-state index in [9.17, 15) is 5.11 Å². The third-order valence-electron chi connectivity index (χ3n) is 1.90. The first-order chi connectivity index (χ1) is 5.75. The molecule has 1 rings (SSSR count). The Morgan fingerprint density at radius 3 is 2.67 bits per heavy atom. The van der Waals surface area contributed by atoms with Crippen molar-refractivity contribution in [3.05, 3.63) is 23.8 Å². The monoisotopic (exact) mass is 166 g/mol. The van der Waals surface area contributed by atoms with Gasteiger partial charge in [0.15, 0.2) is 11.5 Å². The molecule has 0 aliphatic carbocycles. The van der Waals surface area contributed by atoms with Crippen LogP contribution in [0.1, 0.15) is 25.3 Å². The van der Waals surface area contributed by atoms with Crippen molar-refractivity contribution in [1.29, 1.82) is 0 Å². The second-order valence-electron chi connectivity index (χ2n) is 2.89. The van der Waals surface area contributed by atoms with Gasteiger partial charge in [0.05, 0.1) is 0 Å². The molecule has 2 heteroatoms. The van der Waals surface area contributed by atoms with Crippen LogP contribution < -0.4 is 0 Å². The predicted molar refractivity (Wildman–Crippen MR) is 48.4 cm³/mol. The van der Waals surface area contributed by atoms with Crippen molar-refractivity contribution in [2.75, 3.05) is 0 Å². The van der Waals surface area contributed by atoms with Gasteiger partial charge in [0.1, 0.15) is 0 Å². The fourth-order valence-electron chi connectivity index (χ4n) is 1.15. The molecule has 0 saturated carbocycles. The molecule has 0 spiro atoms. The highest BCUT2D eigenvalue weighted by Gasteiger charge is 2.03. The number of unbranched alkanes of at least 4 members (excludes halogenated alkanes) is 1. The van der Waals surface area contributed by atoms with Crippen LogP contribution in [0, 0.1) is 0 Å². The van der Waals surface area contributed by atoms with E-state index in [-0.39, 0.29) is 11.5 Å². The van der Waals surface area contributed by atoms with E-state index in [1.807, 2.05) is 6.07 Å². The van der Waals surface area contributed by atoms with Crippen molar-refractivity contribution >= 4 is 0 Å². The summed E-state index contributed by atoms with van der Waals surface area (Å²) in [6.07, 6.45) is 2.96. The minimum Gasteiger partial charge on any atom is -0.504 e. The van der Waals surface area contributed by atoms with E-state index in [0.717, 1.165) is 24.8 Å². The van der Waals surface area contributed by atoms with Gasteiger partial charge in [-0.1, -0.05) is 25.5 Å². The van der Waals surface area contributed by atoms with E-state index < -0.39 is 0 Å². The summed E-state index contributed by atoms with van der Waals surface area (Å²) in [4.78, 5) is 0. The molecule has 0 unspecified atom stereocenters. The molecule has 0 amide bonds. The van der Waals surface area contributed by atoms with Gasteiger partial charge in [0, 0.05) is 0 Å². The van der Waals surface area contributed by atoms with Crippen LogP contribution in [-0.4, -0.2) is 10.2 Å². The Bertz CT molecular complexity index is 256. The summed E-state index contributed by atoms with van der Waals surface area (Å²) in [6, 6.07) is 5.08. The van der Waals surface area contributed by atoms with Crippen molar-refractivity contribution in [2.45, 2.75) is 26.2 Å². The molecule has 2 nitrogen and oxygen atoms in total. The highest BCUT2D eigenvalue weighted by molar-refractivity contribution is 5.44. The Balaban J connectivity index is 2.78. The summed E-state index contributed by atoms with van der Waals surface area (Å²) in [6.45, 7) is 2.10. The van der Waals surface area contributed by atoms with E-state index in [1.54, 1.807) is 6.07 Å². The smallest absolute Gasteiger partial charge is 0.160 e. The lowest BCUT2D eigenvalue weighted by Crippen LogP contribution is -1.85.